The highest BCUT2D eigenvalue weighted by atomic mass is 32.1. The maximum absolute atomic E-state index is 12.2. The number of rotatable bonds is 5. The summed E-state index contributed by atoms with van der Waals surface area (Å²) in [5, 5.41) is 13.4. The van der Waals surface area contributed by atoms with Crippen LogP contribution in [-0.2, 0) is 12.1 Å². The molecule has 4 heteroatoms. The van der Waals surface area contributed by atoms with Crippen molar-refractivity contribution in [1.29, 1.82) is 0 Å². The van der Waals surface area contributed by atoms with Crippen LogP contribution in [0.1, 0.15) is 43.0 Å². The molecule has 0 aliphatic heterocycles. The summed E-state index contributed by atoms with van der Waals surface area (Å²) in [6.07, 6.45) is 3.27. The number of hydrogen-bond donors (Lipinski definition) is 3. The summed E-state index contributed by atoms with van der Waals surface area (Å²) in [5.74, 6) is 0.397. The molecule has 0 radical (unpaired) electrons. The quantitative estimate of drug-likeness (QED) is 0.486. The number of H-pyrrole nitrogens is 1. The highest BCUT2D eigenvalue weighted by Gasteiger charge is 2.46. The predicted molar refractivity (Wildman–Crippen MR) is 123 cm³/mol. The lowest BCUT2D eigenvalue weighted by atomic mass is 9.65. The number of hydrogen-bond acceptors (Lipinski definition) is 3. The number of thiol groups is 1. The van der Waals surface area contributed by atoms with Gasteiger partial charge in [0.25, 0.3) is 0 Å². The van der Waals surface area contributed by atoms with Crippen LogP contribution in [0.15, 0.2) is 53.4 Å². The lowest BCUT2D eigenvalue weighted by Gasteiger charge is -2.47. The predicted octanol–water partition coefficient (Wildman–Crippen LogP) is 5.52. The van der Waals surface area contributed by atoms with Crippen LogP contribution in [-0.4, -0.2) is 28.6 Å². The van der Waals surface area contributed by atoms with Crippen molar-refractivity contribution < 1.29 is 5.11 Å². The Kier molecular flexibility index (Phi) is 5.78. The van der Waals surface area contributed by atoms with Gasteiger partial charge >= 0.3 is 0 Å². The Balaban J connectivity index is 1.69. The molecule has 0 bridgehead atoms. The van der Waals surface area contributed by atoms with E-state index in [4.69, 9.17) is 0 Å². The molecule has 1 aliphatic carbocycles. The fraction of sp³-hybridized carbons (Fsp3) is 0.440. The van der Waals surface area contributed by atoms with Crippen LogP contribution in [0.25, 0.3) is 10.9 Å². The molecule has 2 aromatic carbocycles. The van der Waals surface area contributed by atoms with Crippen molar-refractivity contribution in [3.8, 4) is 0 Å². The highest BCUT2D eigenvalue weighted by molar-refractivity contribution is 7.80. The van der Waals surface area contributed by atoms with Crippen LogP contribution in [0.2, 0.25) is 0 Å². The minimum Gasteiger partial charge on any atom is -0.385 e. The van der Waals surface area contributed by atoms with Crippen molar-refractivity contribution in [3.63, 3.8) is 0 Å². The zero-order valence-corrected chi connectivity index (χ0v) is 18.5. The van der Waals surface area contributed by atoms with E-state index in [0.717, 1.165) is 53.0 Å². The van der Waals surface area contributed by atoms with Gasteiger partial charge in [0.05, 0.1) is 5.60 Å². The number of aliphatic hydroxyl groups is 1. The first-order valence-electron chi connectivity index (χ1n) is 10.7. The van der Waals surface area contributed by atoms with Gasteiger partial charge in [0.1, 0.15) is 0 Å². The Hall–Kier alpha value is -1.75. The molecule has 0 saturated heterocycles. The van der Waals surface area contributed by atoms with Gasteiger partial charge in [-0.15, -0.1) is 12.6 Å². The van der Waals surface area contributed by atoms with Gasteiger partial charge in [-0.25, -0.2) is 0 Å². The molecule has 1 heterocycles. The lowest BCUT2D eigenvalue weighted by Crippen LogP contribution is -2.48. The maximum atomic E-state index is 12.2. The average Bonchev–Trinajstić information content (AvgIpc) is 3.05. The normalized spacial score (nSPS) is 25.0. The molecule has 3 aromatic rings. The molecule has 1 aromatic heterocycles. The first-order chi connectivity index (χ1) is 13.9. The summed E-state index contributed by atoms with van der Waals surface area (Å²) in [5.41, 5.74) is 3.67. The molecule has 3 unspecified atom stereocenters. The molecule has 29 heavy (non-hydrogen) atoms. The summed E-state index contributed by atoms with van der Waals surface area (Å²) in [6, 6.07) is 16.9. The maximum Gasteiger partial charge on any atom is 0.0969 e. The van der Waals surface area contributed by atoms with Crippen molar-refractivity contribution in [1.82, 2.24) is 9.88 Å². The third kappa shape index (κ3) is 3.98. The van der Waals surface area contributed by atoms with Crippen molar-refractivity contribution in [2.75, 3.05) is 13.6 Å². The van der Waals surface area contributed by atoms with Gasteiger partial charge < -0.3 is 15.0 Å². The second-order valence-corrected chi connectivity index (χ2v) is 9.46. The number of aryl methyl sites for hydroxylation is 1. The minimum absolute atomic E-state index is 0.188. The average molecular weight is 409 g/mol. The SMILES string of the molecule is Cc1cc2c(C3(O)C(C)CCCC3CN(C)Cc3ccccc3)cc(S)cc2[nH]1. The summed E-state index contributed by atoms with van der Waals surface area (Å²) < 4.78 is 0. The van der Waals surface area contributed by atoms with Gasteiger partial charge in [-0.2, -0.15) is 0 Å². The first kappa shape index (κ1) is 20.5. The van der Waals surface area contributed by atoms with E-state index in [1.807, 2.05) is 0 Å². The van der Waals surface area contributed by atoms with Gasteiger partial charge in [-0.1, -0.05) is 43.7 Å². The number of nitrogens with zero attached hydrogens (tertiary/aromatic N) is 1. The van der Waals surface area contributed by atoms with E-state index in [-0.39, 0.29) is 11.8 Å². The van der Waals surface area contributed by atoms with E-state index in [9.17, 15) is 5.11 Å². The van der Waals surface area contributed by atoms with Gasteiger partial charge in [0.2, 0.25) is 0 Å². The van der Waals surface area contributed by atoms with Crippen molar-refractivity contribution >= 4 is 23.5 Å². The molecular weight excluding hydrogens is 376 g/mol. The summed E-state index contributed by atoms with van der Waals surface area (Å²) in [6.45, 7) is 6.05. The van der Waals surface area contributed by atoms with Gasteiger partial charge in [0, 0.05) is 40.5 Å². The lowest BCUT2D eigenvalue weighted by molar-refractivity contribution is -0.102. The summed E-state index contributed by atoms with van der Waals surface area (Å²) in [7, 11) is 2.16. The van der Waals surface area contributed by atoms with Crippen LogP contribution in [0.4, 0.5) is 0 Å². The summed E-state index contributed by atoms with van der Waals surface area (Å²) >= 11 is 4.65. The smallest absolute Gasteiger partial charge is 0.0969 e. The second-order valence-electron chi connectivity index (χ2n) is 8.94. The Morgan fingerprint density at radius 1 is 1.17 bits per heavy atom. The summed E-state index contributed by atoms with van der Waals surface area (Å²) in [4.78, 5) is 6.68. The van der Waals surface area contributed by atoms with Gasteiger partial charge in [-0.3, -0.25) is 0 Å². The van der Waals surface area contributed by atoms with Crippen molar-refractivity contribution in [2.24, 2.45) is 11.8 Å². The fourth-order valence-corrected chi connectivity index (χ4v) is 5.52. The molecule has 0 spiro atoms. The Morgan fingerprint density at radius 3 is 2.69 bits per heavy atom. The van der Waals surface area contributed by atoms with E-state index < -0.39 is 5.60 Å². The number of fused-ring (bicyclic) bond motifs is 1. The Bertz CT molecular complexity index is 983. The van der Waals surface area contributed by atoms with Gasteiger partial charge in [0.15, 0.2) is 0 Å². The molecule has 1 aliphatic rings. The fourth-order valence-electron chi connectivity index (χ4n) is 5.26. The zero-order valence-electron chi connectivity index (χ0n) is 17.7. The third-order valence-corrected chi connectivity index (χ3v) is 6.94. The first-order valence-corrected chi connectivity index (χ1v) is 11.1. The van der Waals surface area contributed by atoms with Crippen molar-refractivity contribution in [2.45, 2.75) is 50.2 Å². The van der Waals surface area contributed by atoms with Gasteiger partial charge in [-0.05, 0) is 62.1 Å². The monoisotopic (exact) mass is 408 g/mol. The van der Waals surface area contributed by atoms with E-state index >= 15 is 0 Å². The molecule has 1 fully saturated rings. The molecule has 4 rings (SSSR count). The molecule has 3 atom stereocenters. The number of benzene rings is 2. The molecule has 3 nitrogen and oxygen atoms in total. The third-order valence-electron chi connectivity index (χ3n) is 6.68. The van der Waals surface area contributed by atoms with Crippen LogP contribution in [0.5, 0.6) is 0 Å². The van der Waals surface area contributed by atoms with E-state index in [0.29, 0.717) is 0 Å². The standard InChI is InChI=1S/C25H32N2OS/c1-17-8-7-11-20(16-27(3)15-19-9-5-4-6-10-19)25(17,28)23-13-21(29)14-24-22(23)12-18(2)26-24/h4-6,9-10,12-14,17,20,26,28-29H,7-8,11,15-16H2,1-3H3. The Labute approximate surface area is 179 Å². The molecule has 2 N–H and O–H groups in total. The van der Waals surface area contributed by atoms with Crippen LogP contribution in [0.3, 0.4) is 0 Å². The molecular formula is C25H32N2OS. The van der Waals surface area contributed by atoms with E-state index in [2.05, 4.69) is 91.9 Å². The Morgan fingerprint density at radius 2 is 1.93 bits per heavy atom. The van der Waals surface area contributed by atoms with Crippen molar-refractivity contribution in [3.05, 3.63) is 65.4 Å². The highest BCUT2D eigenvalue weighted by Crippen LogP contribution is 2.48. The zero-order chi connectivity index (χ0) is 20.6. The molecule has 154 valence electrons. The minimum atomic E-state index is -0.852. The van der Waals surface area contributed by atoms with Crippen LogP contribution < -0.4 is 0 Å². The number of aromatic amines is 1. The number of aromatic nitrogens is 1. The topological polar surface area (TPSA) is 39.3 Å². The van der Waals surface area contributed by atoms with Crippen LogP contribution >= 0.6 is 12.6 Å². The largest absolute Gasteiger partial charge is 0.385 e. The van der Waals surface area contributed by atoms with E-state index in [1.165, 1.54) is 12.0 Å². The number of nitrogens with one attached hydrogen (secondary N) is 1. The molecule has 1 saturated carbocycles. The second kappa shape index (κ2) is 8.17. The van der Waals surface area contributed by atoms with E-state index in [1.54, 1.807) is 0 Å². The van der Waals surface area contributed by atoms with Crippen LogP contribution in [0, 0.1) is 18.8 Å². The molecule has 0 amide bonds.